The fourth-order valence-corrected chi connectivity index (χ4v) is 2.47. The van der Waals surface area contributed by atoms with Gasteiger partial charge in [0.2, 0.25) is 0 Å². The molecule has 0 fully saturated rings. The van der Waals surface area contributed by atoms with E-state index in [0.717, 1.165) is 16.7 Å². The highest BCUT2D eigenvalue weighted by atomic mass is 32.2. The van der Waals surface area contributed by atoms with Crippen LogP contribution < -0.4 is 10.5 Å². The second-order valence-electron chi connectivity index (χ2n) is 3.57. The Bertz CT molecular complexity index is 619. The molecule has 0 saturated carbocycles. The predicted molar refractivity (Wildman–Crippen MR) is 72.4 cm³/mol. The minimum absolute atomic E-state index is 0.0786. The molecule has 7 heteroatoms. The van der Waals surface area contributed by atoms with Crippen molar-refractivity contribution in [2.24, 2.45) is 0 Å². The maximum atomic E-state index is 11.0. The van der Waals surface area contributed by atoms with Crippen molar-refractivity contribution >= 4 is 23.3 Å². The summed E-state index contributed by atoms with van der Waals surface area (Å²) in [5.41, 5.74) is 5.49. The average Bonchev–Trinajstić information content (AvgIpc) is 2.39. The smallest absolute Gasteiger partial charge is 0.301 e. The lowest BCUT2D eigenvalue weighted by Gasteiger charge is -2.07. The zero-order valence-corrected chi connectivity index (χ0v) is 10.9. The molecule has 0 aliphatic carbocycles. The van der Waals surface area contributed by atoms with Gasteiger partial charge in [-0.05, 0) is 18.2 Å². The summed E-state index contributed by atoms with van der Waals surface area (Å²) in [4.78, 5) is 15.2. The lowest BCUT2D eigenvalue weighted by atomic mass is 10.3. The Morgan fingerprint density at radius 1 is 1.32 bits per heavy atom. The van der Waals surface area contributed by atoms with E-state index in [1.807, 2.05) is 12.1 Å². The average molecular weight is 277 g/mol. The normalized spacial score (nSPS) is 10.2. The van der Waals surface area contributed by atoms with Crippen LogP contribution in [0.25, 0.3) is 0 Å². The lowest BCUT2D eigenvalue weighted by Crippen LogP contribution is -1.97. The van der Waals surface area contributed by atoms with E-state index in [0.29, 0.717) is 5.75 Å². The maximum Gasteiger partial charge on any atom is 0.301 e. The van der Waals surface area contributed by atoms with Crippen LogP contribution in [0.1, 0.15) is 0 Å². The molecule has 1 heterocycles. The van der Waals surface area contributed by atoms with Gasteiger partial charge in [0.1, 0.15) is 11.6 Å². The zero-order valence-electron chi connectivity index (χ0n) is 10.1. The third-order valence-electron chi connectivity index (χ3n) is 2.33. The highest BCUT2D eigenvalue weighted by Gasteiger charge is 2.18. The molecule has 0 unspecified atom stereocenters. The van der Waals surface area contributed by atoms with E-state index in [9.17, 15) is 10.1 Å². The molecule has 2 N–H and O–H groups in total. The van der Waals surface area contributed by atoms with Crippen LogP contribution in [0.5, 0.6) is 5.75 Å². The van der Waals surface area contributed by atoms with E-state index < -0.39 is 4.92 Å². The third kappa shape index (κ3) is 2.94. The number of ether oxygens (including phenoxy) is 1. The molecule has 19 heavy (non-hydrogen) atoms. The Labute approximate surface area is 113 Å². The lowest BCUT2D eigenvalue weighted by molar-refractivity contribution is -0.388. The van der Waals surface area contributed by atoms with E-state index >= 15 is 0 Å². The summed E-state index contributed by atoms with van der Waals surface area (Å²) in [5, 5.41) is 11.2. The summed E-state index contributed by atoms with van der Waals surface area (Å²) in [6.45, 7) is 0. The van der Waals surface area contributed by atoms with Crippen LogP contribution in [0.3, 0.4) is 0 Å². The first-order valence-corrected chi connectivity index (χ1v) is 6.15. The SMILES string of the molecule is COc1ccccc1Sc1nc(N)ccc1[N+](=O)[O-]. The van der Waals surface area contributed by atoms with Gasteiger partial charge in [-0.3, -0.25) is 10.1 Å². The van der Waals surface area contributed by atoms with Crippen LogP contribution in [0.15, 0.2) is 46.3 Å². The van der Waals surface area contributed by atoms with Gasteiger partial charge in [-0.15, -0.1) is 0 Å². The van der Waals surface area contributed by atoms with E-state index in [4.69, 9.17) is 10.5 Å². The quantitative estimate of drug-likeness (QED) is 0.682. The first-order valence-electron chi connectivity index (χ1n) is 5.33. The van der Waals surface area contributed by atoms with Crippen molar-refractivity contribution in [2.75, 3.05) is 12.8 Å². The van der Waals surface area contributed by atoms with Crippen molar-refractivity contribution in [2.45, 2.75) is 9.92 Å². The number of hydrogen-bond acceptors (Lipinski definition) is 6. The highest BCUT2D eigenvalue weighted by Crippen LogP contribution is 2.38. The van der Waals surface area contributed by atoms with Crippen LogP contribution >= 0.6 is 11.8 Å². The minimum Gasteiger partial charge on any atom is -0.496 e. The molecule has 0 radical (unpaired) electrons. The molecule has 1 aromatic heterocycles. The number of benzene rings is 1. The molecular weight excluding hydrogens is 266 g/mol. The molecule has 2 rings (SSSR count). The van der Waals surface area contributed by atoms with Crippen molar-refractivity contribution in [3.63, 3.8) is 0 Å². The first-order chi connectivity index (χ1) is 9.11. The zero-order chi connectivity index (χ0) is 13.8. The standard InChI is InChI=1S/C12H11N3O3S/c1-18-9-4-2-3-5-10(9)19-12-8(15(16)17)6-7-11(13)14-12/h2-7H,1H3,(H2,13,14). The number of anilines is 1. The molecule has 1 aromatic carbocycles. The van der Waals surface area contributed by atoms with Gasteiger partial charge in [-0.2, -0.15) is 0 Å². The number of rotatable bonds is 4. The van der Waals surface area contributed by atoms with Gasteiger partial charge in [0.25, 0.3) is 0 Å². The molecule has 0 atom stereocenters. The molecule has 0 spiro atoms. The van der Waals surface area contributed by atoms with Gasteiger partial charge in [-0.25, -0.2) is 4.98 Å². The summed E-state index contributed by atoms with van der Waals surface area (Å²) >= 11 is 1.15. The molecule has 0 aliphatic rings. The number of nitrogens with zero attached hydrogens (tertiary/aromatic N) is 2. The fraction of sp³-hybridized carbons (Fsp3) is 0.0833. The molecule has 0 aliphatic heterocycles. The number of nitrogens with two attached hydrogens (primary N) is 1. The third-order valence-corrected chi connectivity index (χ3v) is 3.39. The van der Waals surface area contributed by atoms with Gasteiger partial charge in [-0.1, -0.05) is 23.9 Å². The fourth-order valence-electron chi connectivity index (χ4n) is 1.47. The molecule has 98 valence electrons. The Balaban J connectivity index is 2.42. The van der Waals surface area contributed by atoms with E-state index in [1.165, 1.54) is 12.1 Å². The summed E-state index contributed by atoms with van der Waals surface area (Å²) in [7, 11) is 1.54. The number of hydrogen-bond donors (Lipinski definition) is 1. The summed E-state index contributed by atoms with van der Waals surface area (Å²) in [6.07, 6.45) is 0. The van der Waals surface area contributed by atoms with Crippen LogP contribution in [0, 0.1) is 10.1 Å². The molecule has 2 aromatic rings. The number of nitro groups is 1. The maximum absolute atomic E-state index is 11.0. The highest BCUT2D eigenvalue weighted by molar-refractivity contribution is 7.99. The van der Waals surface area contributed by atoms with Crippen LogP contribution in [-0.2, 0) is 0 Å². The summed E-state index contributed by atoms with van der Waals surface area (Å²) in [6, 6.07) is 9.98. The van der Waals surface area contributed by atoms with Gasteiger partial charge < -0.3 is 10.5 Å². The Morgan fingerprint density at radius 3 is 2.74 bits per heavy atom. The number of aromatic nitrogens is 1. The second-order valence-corrected chi connectivity index (χ2v) is 4.60. The van der Waals surface area contributed by atoms with Crippen LogP contribution in [0.2, 0.25) is 0 Å². The second kappa shape index (κ2) is 5.57. The van der Waals surface area contributed by atoms with Gasteiger partial charge in [0.05, 0.1) is 16.9 Å². The Kier molecular flexibility index (Phi) is 3.86. The van der Waals surface area contributed by atoms with Crippen molar-refractivity contribution in [1.29, 1.82) is 0 Å². The largest absolute Gasteiger partial charge is 0.496 e. The van der Waals surface area contributed by atoms with Gasteiger partial charge in [0.15, 0.2) is 5.03 Å². The Morgan fingerprint density at radius 2 is 2.05 bits per heavy atom. The van der Waals surface area contributed by atoms with Crippen LogP contribution in [0.4, 0.5) is 11.5 Å². The molecule has 6 nitrogen and oxygen atoms in total. The van der Waals surface area contributed by atoms with Crippen molar-refractivity contribution in [3.8, 4) is 5.75 Å². The number of para-hydroxylation sites is 1. The topological polar surface area (TPSA) is 91.3 Å². The number of pyridine rings is 1. The van der Waals surface area contributed by atoms with E-state index in [2.05, 4.69) is 4.98 Å². The monoisotopic (exact) mass is 277 g/mol. The molecular formula is C12H11N3O3S. The van der Waals surface area contributed by atoms with Crippen LogP contribution in [-0.4, -0.2) is 17.0 Å². The van der Waals surface area contributed by atoms with Gasteiger partial charge >= 0.3 is 5.69 Å². The van der Waals surface area contributed by atoms with E-state index in [-0.39, 0.29) is 16.5 Å². The Hall–Kier alpha value is -2.28. The minimum atomic E-state index is -0.482. The first kappa shape index (κ1) is 13.2. The summed E-state index contributed by atoms with van der Waals surface area (Å²) < 4.78 is 5.20. The van der Waals surface area contributed by atoms with E-state index in [1.54, 1.807) is 19.2 Å². The van der Waals surface area contributed by atoms with Crippen molar-refractivity contribution in [3.05, 3.63) is 46.5 Å². The molecule has 0 saturated heterocycles. The summed E-state index contributed by atoms with van der Waals surface area (Å²) in [5.74, 6) is 0.869. The van der Waals surface area contributed by atoms with Crippen molar-refractivity contribution < 1.29 is 9.66 Å². The van der Waals surface area contributed by atoms with Crippen molar-refractivity contribution in [1.82, 2.24) is 4.98 Å². The molecule has 0 amide bonds. The predicted octanol–water partition coefficient (Wildman–Crippen LogP) is 2.73. The number of methoxy groups -OCH3 is 1. The van der Waals surface area contributed by atoms with Gasteiger partial charge in [0, 0.05) is 6.07 Å². The molecule has 0 bridgehead atoms. The number of nitrogen functional groups attached to an aromatic ring is 1.